The van der Waals surface area contributed by atoms with Crippen LogP contribution < -0.4 is 5.32 Å². The number of carbonyl (C=O) groups is 2. The van der Waals surface area contributed by atoms with E-state index in [9.17, 15) is 22.8 Å². The van der Waals surface area contributed by atoms with Gasteiger partial charge in [0.15, 0.2) is 0 Å². The molecule has 0 atom stereocenters. The molecule has 27 heavy (non-hydrogen) atoms. The van der Waals surface area contributed by atoms with Gasteiger partial charge in [0.2, 0.25) is 0 Å². The molecule has 0 unspecified atom stereocenters. The van der Waals surface area contributed by atoms with Crippen molar-refractivity contribution in [2.75, 3.05) is 5.32 Å². The van der Waals surface area contributed by atoms with Crippen molar-refractivity contribution < 1.29 is 32.6 Å². The van der Waals surface area contributed by atoms with Crippen molar-refractivity contribution in [1.82, 2.24) is 0 Å². The van der Waals surface area contributed by atoms with E-state index in [1.54, 1.807) is 20.8 Å². The van der Waals surface area contributed by atoms with Crippen LogP contribution in [0, 0.1) is 0 Å². The summed E-state index contributed by atoms with van der Waals surface area (Å²) in [5, 5.41) is 11.6. The third-order valence-corrected chi connectivity index (χ3v) is 3.37. The van der Waals surface area contributed by atoms with Gasteiger partial charge in [-0.25, -0.2) is 9.59 Å². The highest BCUT2D eigenvalue weighted by Crippen LogP contribution is 2.34. The normalized spacial score (nSPS) is 11.8. The second-order valence-corrected chi connectivity index (χ2v) is 6.81. The van der Waals surface area contributed by atoms with E-state index >= 15 is 0 Å². The van der Waals surface area contributed by atoms with E-state index < -0.39 is 35.0 Å². The molecule has 8 heteroatoms. The molecule has 0 radical (unpaired) electrons. The zero-order valence-corrected chi connectivity index (χ0v) is 14.8. The van der Waals surface area contributed by atoms with E-state index in [-0.39, 0.29) is 5.56 Å². The third kappa shape index (κ3) is 5.73. The van der Waals surface area contributed by atoms with Gasteiger partial charge in [-0.2, -0.15) is 13.2 Å². The van der Waals surface area contributed by atoms with Gasteiger partial charge in [0.05, 0.1) is 11.1 Å². The van der Waals surface area contributed by atoms with Gasteiger partial charge in [-0.1, -0.05) is 12.1 Å². The number of rotatable bonds is 3. The molecule has 5 nitrogen and oxygen atoms in total. The molecule has 0 aromatic heterocycles. The summed E-state index contributed by atoms with van der Waals surface area (Å²) in [7, 11) is 0. The summed E-state index contributed by atoms with van der Waals surface area (Å²) < 4.78 is 44.2. The molecule has 0 spiro atoms. The fraction of sp³-hybridized carbons (Fsp3) is 0.263. The van der Waals surface area contributed by atoms with Gasteiger partial charge in [0, 0.05) is 5.69 Å². The summed E-state index contributed by atoms with van der Waals surface area (Å²) in [6.07, 6.45) is -5.33. The number of hydrogen-bond acceptors (Lipinski definition) is 3. The van der Waals surface area contributed by atoms with Crippen LogP contribution >= 0.6 is 0 Å². The van der Waals surface area contributed by atoms with Crippen LogP contribution in [0.2, 0.25) is 0 Å². The van der Waals surface area contributed by atoms with Gasteiger partial charge in [-0.3, -0.25) is 5.32 Å². The zero-order valence-electron chi connectivity index (χ0n) is 14.8. The lowest BCUT2D eigenvalue weighted by Gasteiger charge is -2.19. The number of aromatic carboxylic acids is 1. The molecule has 0 bridgehead atoms. The maximum Gasteiger partial charge on any atom is 0.416 e. The van der Waals surface area contributed by atoms with Crippen LogP contribution in [0.4, 0.5) is 23.7 Å². The highest BCUT2D eigenvalue weighted by atomic mass is 19.4. The average molecular weight is 381 g/mol. The van der Waals surface area contributed by atoms with Crippen molar-refractivity contribution in [3.05, 3.63) is 53.6 Å². The van der Waals surface area contributed by atoms with E-state index in [0.717, 1.165) is 12.1 Å². The van der Waals surface area contributed by atoms with Gasteiger partial charge in [-0.05, 0) is 62.2 Å². The first-order valence-electron chi connectivity index (χ1n) is 7.91. The standard InChI is InChI=1S/C19H18F3NO4/c1-18(2,3)27-17(26)23-15-6-4-11(5-7-15)12-8-13(16(24)25)10-14(9-12)19(20,21)22/h4-10H,1-3H3,(H,23,26)(H,24,25). The number of amides is 1. The first kappa shape index (κ1) is 20.3. The summed E-state index contributed by atoms with van der Waals surface area (Å²) in [5.74, 6) is -1.45. The SMILES string of the molecule is CC(C)(C)OC(=O)Nc1ccc(-c2cc(C(=O)O)cc(C(F)(F)F)c2)cc1. The molecule has 0 aliphatic heterocycles. The minimum absolute atomic E-state index is 0.103. The van der Waals surface area contributed by atoms with E-state index in [0.29, 0.717) is 17.3 Å². The highest BCUT2D eigenvalue weighted by molar-refractivity contribution is 5.90. The smallest absolute Gasteiger partial charge is 0.416 e. The minimum atomic E-state index is -4.67. The predicted molar refractivity (Wildman–Crippen MR) is 93.7 cm³/mol. The van der Waals surface area contributed by atoms with Gasteiger partial charge in [0.1, 0.15) is 5.60 Å². The maximum absolute atomic E-state index is 13.0. The van der Waals surface area contributed by atoms with Crippen molar-refractivity contribution in [2.24, 2.45) is 0 Å². The van der Waals surface area contributed by atoms with Crippen LogP contribution in [-0.2, 0) is 10.9 Å². The van der Waals surface area contributed by atoms with Crippen molar-refractivity contribution in [3.8, 4) is 11.1 Å². The monoisotopic (exact) mass is 381 g/mol. The summed E-state index contributed by atoms with van der Waals surface area (Å²) in [6.45, 7) is 5.13. The summed E-state index contributed by atoms with van der Waals surface area (Å²) in [5.41, 5.74) is -1.32. The molecular weight excluding hydrogens is 363 g/mol. The fourth-order valence-corrected chi connectivity index (χ4v) is 2.25. The topological polar surface area (TPSA) is 75.6 Å². The molecular formula is C19H18F3NO4. The maximum atomic E-state index is 13.0. The number of carbonyl (C=O) groups excluding carboxylic acids is 1. The lowest BCUT2D eigenvalue weighted by Crippen LogP contribution is -2.27. The van der Waals surface area contributed by atoms with Gasteiger partial charge in [0.25, 0.3) is 0 Å². The van der Waals surface area contributed by atoms with Crippen molar-refractivity contribution in [3.63, 3.8) is 0 Å². The lowest BCUT2D eigenvalue weighted by molar-refractivity contribution is -0.137. The highest BCUT2D eigenvalue weighted by Gasteiger charge is 2.32. The molecule has 1 amide bonds. The first-order valence-corrected chi connectivity index (χ1v) is 7.91. The Hall–Kier alpha value is -3.03. The Morgan fingerprint density at radius 3 is 2.04 bits per heavy atom. The van der Waals surface area contributed by atoms with Crippen molar-refractivity contribution in [2.45, 2.75) is 32.5 Å². The Morgan fingerprint density at radius 1 is 0.963 bits per heavy atom. The summed E-state index contributed by atoms with van der Waals surface area (Å²) >= 11 is 0. The van der Waals surface area contributed by atoms with Gasteiger partial charge < -0.3 is 9.84 Å². The Morgan fingerprint density at radius 2 is 1.56 bits per heavy atom. The van der Waals surface area contributed by atoms with Crippen molar-refractivity contribution >= 4 is 17.7 Å². The molecule has 0 saturated heterocycles. The number of nitrogens with one attached hydrogen (secondary N) is 1. The number of ether oxygens (including phenoxy) is 1. The Labute approximate surface area is 153 Å². The Balaban J connectivity index is 2.30. The van der Waals surface area contributed by atoms with E-state index in [4.69, 9.17) is 9.84 Å². The second-order valence-electron chi connectivity index (χ2n) is 6.81. The first-order chi connectivity index (χ1) is 12.3. The average Bonchev–Trinajstić information content (AvgIpc) is 2.52. The molecule has 0 saturated carbocycles. The number of carboxylic acids is 1. The van der Waals surface area contributed by atoms with Crippen LogP contribution in [0.1, 0.15) is 36.7 Å². The summed E-state index contributed by atoms with van der Waals surface area (Å²) in [4.78, 5) is 22.9. The Bertz CT molecular complexity index is 853. The largest absolute Gasteiger partial charge is 0.478 e. The number of halogens is 3. The van der Waals surface area contributed by atoms with E-state index in [1.165, 1.54) is 24.3 Å². The van der Waals surface area contributed by atoms with Crippen molar-refractivity contribution in [1.29, 1.82) is 0 Å². The number of hydrogen-bond donors (Lipinski definition) is 2. The molecule has 0 aliphatic carbocycles. The number of alkyl halides is 3. The van der Waals surface area contributed by atoms with Crippen LogP contribution in [0.3, 0.4) is 0 Å². The summed E-state index contributed by atoms with van der Waals surface area (Å²) in [6, 6.07) is 8.56. The number of anilines is 1. The molecule has 2 aromatic carbocycles. The number of carboxylic acid groups (broad SMARTS) is 1. The second kappa shape index (κ2) is 7.30. The predicted octanol–water partition coefficient (Wildman–Crippen LogP) is 5.42. The lowest BCUT2D eigenvalue weighted by atomic mass is 9.99. The quantitative estimate of drug-likeness (QED) is 0.745. The molecule has 0 aliphatic rings. The number of benzene rings is 2. The van der Waals surface area contributed by atoms with Crippen LogP contribution in [0.5, 0.6) is 0 Å². The zero-order chi connectivity index (χ0) is 20.4. The third-order valence-electron chi connectivity index (χ3n) is 3.37. The van der Waals surface area contributed by atoms with Gasteiger partial charge >= 0.3 is 18.2 Å². The van der Waals surface area contributed by atoms with Crippen LogP contribution in [0.15, 0.2) is 42.5 Å². The van der Waals surface area contributed by atoms with Crippen LogP contribution in [0.25, 0.3) is 11.1 Å². The Kier molecular flexibility index (Phi) is 5.48. The molecule has 2 aromatic rings. The van der Waals surface area contributed by atoms with E-state index in [2.05, 4.69) is 5.32 Å². The minimum Gasteiger partial charge on any atom is -0.478 e. The fourth-order valence-electron chi connectivity index (χ4n) is 2.25. The molecule has 144 valence electrons. The molecule has 0 heterocycles. The molecule has 0 fully saturated rings. The molecule has 2 N–H and O–H groups in total. The molecule has 2 rings (SSSR count). The van der Waals surface area contributed by atoms with Gasteiger partial charge in [-0.15, -0.1) is 0 Å². The van der Waals surface area contributed by atoms with Crippen LogP contribution in [-0.4, -0.2) is 22.8 Å². The van der Waals surface area contributed by atoms with E-state index in [1.807, 2.05) is 0 Å².